The number of nitrogens with zero attached hydrogens (tertiary/aromatic N) is 2. The van der Waals surface area contributed by atoms with Gasteiger partial charge in [-0.3, -0.25) is 9.59 Å². The molecule has 3 aromatic rings. The van der Waals surface area contributed by atoms with Crippen LogP contribution in [0.25, 0.3) is 22.2 Å². The lowest BCUT2D eigenvalue weighted by Gasteiger charge is -2.31. The Hall–Kier alpha value is -3.30. The lowest BCUT2D eigenvalue weighted by molar-refractivity contribution is -0.172. The Kier molecular flexibility index (Phi) is 4.14. The third-order valence-electron chi connectivity index (χ3n) is 8.10. The van der Waals surface area contributed by atoms with Crippen molar-refractivity contribution in [2.75, 3.05) is 0 Å². The van der Waals surface area contributed by atoms with Crippen LogP contribution in [0.15, 0.2) is 27.8 Å². The SMILES string of the molecule is CC[C@@]1(O)C(=O)OCc2c1cc1n(c2=O)Cc2c-1c(=O)c1cc(F)cc3c1n2CC[C@@H]3NC1CC1. The summed E-state index contributed by atoms with van der Waals surface area (Å²) in [6.07, 6.45) is 2.98. The van der Waals surface area contributed by atoms with Gasteiger partial charge in [0.1, 0.15) is 12.4 Å². The molecule has 35 heavy (non-hydrogen) atoms. The van der Waals surface area contributed by atoms with E-state index in [1.807, 2.05) is 4.57 Å². The number of benzene rings is 1. The first-order chi connectivity index (χ1) is 16.8. The van der Waals surface area contributed by atoms with Gasteiger partial charge in [0.15, 0.2) is 11.0 Å². The molecule has 3 aliphatic heterocycles. The average Bonchev–Trinajstić information content (AvgIpc) is 3.58. The third-order valence-corrected chi connectivity index (χ3v) is 8.10. The molecule has 0 amide bonds. The Morgan fingerprint density at radius 1 is 1.17 bits per heavy atom. The van der Waals surface area contributed by atoms with Crippen LogP contribution in [0, 0.1) is 5.82 Å². The van der Waals surface area contributed by atoms with E-state index in [0.717, 1.165) is 24.8 Å². The van der Waals surface area contributed by atoms with E-state index in [0.29, 0.717) is 35.1 Å². The fourth-order valence-electron chi connectivity index (χ4n) is 6.11. The fourth-order valence-corrected chi connectivity index (χ4v) is 6.11. The minimum Gasteiger partial charge on any atom is -0.458 e. The zero-order chi connectivity index (χ0) is 24.2. The Labute approximate surface area is 198 Å². The standard InChI is InChI=1S/C26H24FN3O5/c1-2-26(34)17-9-19-21-20(10-30(19)24(32)16(17)11-35-25(26)33)29-6-5-18(28-13-3-4-13)14-7-12(27)8-15(22(14)29)23(21)31/h7-9,13,18,28,34H,2-6,10-11H2,1H3/t18-,26-/m0/s1. The van der Waals surface area contributed by atoms with E-state index in [2.05, 4.69) is 5.32 Å². The molecule has 0 spiro atoms. The lowest BCUT2D eigenvalue weighted by Crippen LogP contribution is -2.44. The van der Waals surface area contributed by atoms with Gasteiger partial charge < -0.3 is 24.3 Å². The Morgan fingerprint density at radius 3 is 2.71 bits per heavy atom. The quantitative estimate of drug-likeness (QED) is 0.439. The van der Waals surface area contributed by atoms with Crippen molar-refractivity contribution in [3.8, 4) is 11.3 Å². The molecule has 2 atom stereocenters. The minimum atomic E-state index is -1.95. The van der Waals surface area contributed by atoms with Gasteiger partial charge in [0, 0.05) is 29.6 Å². The fraction of sp³-hybridized carbons (Fsp3) is 0.423. The van der Waals surface area contributed by atoms with Gasteiger partial charge >= 0.3 is 5.97 Å². The molecule has 2 aromatic heterocycles. The summed E-state index contributed by atoms with van der Waals surface area (Å²) in [5.74, 6) is -1.27. The summed E-state index contributed by atoms with van der Waals surface area (Å²) < 4.78 is 23.4. The van der Waals surface area contributed by atoms with Crippen LogP contribution in [0.1, 0.15) is 61.0 Å². The van der Waals surface area contributed by atoms with Gasteiger partial charge in [-0.1, -0.05) is 6.92 Å². The summed E-state index contributed by atoms with van der Waals surface area (Å²) in [5.41, 5.74) is 0.607. The highest BCUT2D eigenvalue weighted by atomic mass is 19.1. The lowest BCUT2D eigenvalue weighted by atomic mass is 9.85. The molecule has 5 heterocycles. The number of hydrogen-bond donors (Lipinski definition) is 2. The van der Waals surface area contributed by atoms with Crippen molar-refractivity contribution >= 4 is 16.9 Å². The van der Waals surface area contributed by atoms with E-state index in [1.165, 1.54) is 16.7 Å². The molecule has 4 aliphatic rings. The molecule has 180 valence electrons. The van der Waals surface area contributed by atoms with Gasteiger partial charge in [-0.25, -0.2) is 9.18 Å². The van der Waals surface area contributed by atoms with Gasteiger partial charge in [0.25, 0.3) is 5.56 Å². The smallest absolute Gasteiger partial charge is 0.343 e. The largest absolute Gasteiger partial charge is 0.458 e. The van der Waals surface area contributed by atoms with E-state index < -0.39 is 17.4 Å². The predicted octanol–water partition coefficient (Wildman–Crippen LogP) is 2.18. The number of rotatable bonds is 3. The molecule has 0 bridgehead atoms. The number of carbonyl (C=O) groups is 1. The molecular weight excluding hydrogens is 453 g/mol. The van der Waals surface area contributed by atoms with E-state index in [-0.39, 0.29) is 53.1 Å². The van der Waals surface area contributed by atoms with E-state index in [9.17, 15) is 23.9 Å². The number of ether oxygens (including phenoxy) is 1. The topological polar surface area (TPSA) is 103 Å². The second-order valence-corrected chi connectivity index (χ2v) is 10.1. The summed E-state index contributed by atoms with van der Waals surface area (Å²) in [4.78, 5) is 39.7. The van der Waals surface area contributed by atoms with Crippen LogP contribution in [0.5, 0.6) is 0 Å². The van der Waals surface area contributed by atoms with Crippen LogP contribution in [-0.4, -0.2) is 26.3 Å². The second kappa shape index (κ2) is 6.89. The maximum atomic E-state index is 14.8. The van der Waals surface area contributed by atoms with Gasteiger partial charge in [0.05, 0.1) is 34.6 Å². The molecule has 8 nitrogen and oxygen atoms in total. The average molecular weight is 477 g/mol. The monoisotopic (exact) mass is 477 g/mol. The highest BCUT2D eigenvalue weighted by molar-refractivity contribution is 5.90. The number of pyridine rings is 2. The Morgan fingerprint density at radius 2 is 1.97 bits per heavy atom. The summed E-state index contributed by atoms with van der Waals surface area (Å²) in [5, 5.41) is 14.9. The number of aliphatic hydroxyl groups is 1. The summed E-state index contributed by atoms with van der Waals surface area (Å²) in [6.45, 7) is 2.24. The van der Waals surface area contributed by atoms with Crippen LogP contribution in [0.4, 0.5) is 4.39 Å². The van der Waals surface area contributed by atoms with Crippen molar-refractivity contribution in [3.05, 3.63) is 67.0 Å². The molecule has 0 unspecified atom stereocenters. The maximum Gasteiger partial charge on any atom is 0.343 e. The van der Waals surface area contributed by atoms with Crippen LogP contribution in [-0.2, 0) is 34.8 Å². The highest BCUT2D eigenvalue weighted by Gasteiger charge is 2.46. The normalized spacial score (nSPS) is 24.2. The van der Waals surface area contributed by atoms with Crippen molar-refractivity contribution in [2.24, 2.45) is 0 Å². The van der Waals surface area contributed by atoms with Crippen molar-refractivity contribution in [2.45, 2.75) is 70.0 Å². The first-order valence-electron chi connectivity index (χ1n) is 12.1. The molecule has 1 saturated carbocycles. The number of aryl methyl sites for hydroxylation is 1. The summed E-state index contributed by atoms with van der Waals surface area (Å²) in [7, 11) is 0. The number of cyclic esters (lactones) is 1. The first-order valence-corrected chi connectivity index (χ1v) is 12.1. The summed E-state index contributed by atoms with van der Waals surface area (Å²) >= 11 is 0. The first kappa shape index (κ1) is 21.0. The van der Waals surface area contributed by atoms with E-state index in [1.54, 1.807) is 13.0 Å². The maximum absolute atomic E-state index is 14.8. The number of esters is 1. The van der Waals surface area contributed by atoms with Crippen LogP contribution in [0.3, 0.4) is 0 Å². The van der Waals surface area contributed by atoms with Crippen molar-refractivity contribution in [3.63, 3.8) is 0 Å². The van der Waals surface area contributed by atoms with Gasteiger partial charge in [0.2, 0.25) is 0 Å². The number of halogens is 1. The molecule has 7 rings (SSSR count). The van der Waals surface area contributed by atoms with Crippen LogP contribution < -0.4 is 16.3 Å². The number of carbonyl (C=O) groups excluding carboxylic acids is 1. The minimum absolute atomic E-state index is 0.0281. The molecular formula is C26H24FN3O5. The van der Waals surface area contributed by atoms with Crippen molar-refractivity contribution < 1.29 is 19.0 Å². The zero-order valence-corrected chi connectivity index (χ0v) is 19.2. The van der Waals surface area contributed by atoms with Crippen LogP contribution >= 0.6 is 0 Å². The molecule has 0 saturated heterocycles. The van der Waals surface area contributed by atoms with E-state index in [4.69, 9.17) is 4.74 Å². The second-order valence-electron chi connectivity index (χ2n) is 10.1. The van der Waals surface area contributed by atoms with Crippen molar-refractivity contribution in [1.29, 1.82) is 0 Å². The molecule has 1 aliphatic carbocycles. The third kappa shape index (κ3) is 2.70. The molecule has 0 radical (unpaired) electrons. The summed E-state index contributed by atoms with van der Waals surface area (Å²) in [6, 6.07) is 4.77. The number of hydrogen-bond acceptors (Lipinski definition) is 6. The predicted molar refractivity (Wildman–Crippen MR) is 124 cm³/mol. The number of fused-ring (bicyclic) bond motifs is 5. The highest BCUT2D eigenvalue weighted by Crippen LogP contribution is 2.41. The molecule has 1 fully saturated rings. The molecule has 1 aromatic carbocycles. The zero-order valence-electron chi connectivity index (χ0n) is 19.2. The molecule has 2 N–H and O–H groups in total. The van der Waals surface area contributed by atoms with E-state index >= 15 is 0 Å². The number of aromatic nitrogens is 2. The van der Waals surface area contributed by atoms with Crippen LogP contribution in [0.2, 0.25) is 0 Å². The Balaban J connectivity index is 1.51. The van der Waals surface area contributed by atoms with Gasteiger partial charge in [-0.15, -0.1) is 0 Å². The Bertz CT molecular complexity index is 1600. The molecule has 9 heteroatoms. The number of nitrogens with one attached hydrogen (secondary N) is 1. The van der Waals surface area contributed by atoms with Crippen molar-refractivity contribution in [1.82, 2.24) is 14.5 Å². The van der Waals surface area contributed by atoms with Gasteiger partial charge in [-0.05, 0) is 49.4 Å². The van der Waals surface area contributed by atoms with Gasteiger partial charge in [-0.2, -0.15) is 0 Å².